The highest BCUT2D eigenvalue weighted by atomic mass is 32.1. The number of benzene rings is 1. The highest BCUT2D eigenvalue weighted by Crippen LogP contribution is 2.26. The largest absolute Gasteiger partial charge is 0.398 e. The third-order valence-electron chi connectivity index (χ3n) is 3.68. The molecule has 0 saturated carbocycles. The number of thiophene rings is 1. The average Bonchev–Trinajstić information content (AvgIpc) is 2.84. The van der Waals surface area contributed by atoms with Crippen molar-refractivity contribution in [2.45, 2.75) is 19.9 Å². The Labute approximate surface area is 116 Å². The third-order valence-corrected chi connectivity index (χ3v) is 4.54. The highest BCUT2D eigenvalue weighted by molar-refractivity contribution is 7.08. The lowest BCUT2D eigenvalue weighted by atomic mass is 9.97. The van der Waals surface area contributed by atoms with E-state index in [4.69, 9.17) is 5.73 Å². The van der Waals surface area contributed by atoms with Gasteiger partial charge in [0.1, 0.15) is 0 Å². The molecule has 1 aromatic heterocycles. The molecule has 1 aliphatic heterocycles. The third kappa shape index (κ3) is 2.12. The molecule has 1 amide bonds. The first-order chi connectivity index (χ1) is 9.16. The Morgan fingerprint density at radius 1 is 1.37 bits per heavy atom. The van der Waals surface area contributed by atoms with E-state index in [1.165, 1.54) is 5.56 Å². The summed E-state index contributed by atoms with van der Waals surface area (Å²) in [6, 6.07) is 5.99. The van der Waals surface area contributed by atoms with E-state index in [-0.39, 0.29) is 5.91 Å². The molecule has 0 saturated heterocycles. The van der Waals surface area contributed by atoms with Gasteiger partial charge in [-0.25, -0.2) is 0 Å². The maximum Gasteiger partial charge on any atom is 0.255 e. The second-order valence-electron chi connectivity index (χ2n) is 4.93. The fourth-order valence-corrected chi connectivity index (χ4v) is 3.35. The van der Waals surface area contributed by atoms with Crippen LogP contribution in [-0.2, 0) is 13.0 Å². The SMILES string of the molecule is Cc1cscc1C(=O)N1CCc2cccc(N)c2C1. The fraction of sp³-hybridized carbons (Fsp3) is 0.267. The number of hydrogen-bond acceptors (Lipinski definition) is 3. The molecule has 0 unspecified atom stereocenters. The first-order valence-corrected chi connectivity index (χ1v) is 7.29. The number of amides is 1. The molecule has 3 nitrogen and oxygen atoms in total. The van der Waals surface area contributed by atoms with Crippen LogP contribution in [0.1, 0.15) is 27.0 Å². The molecule has 3 rings (SSSR count). The molecule has 4 heteroatoms. The van der Waals surface area contributed by atoms with E-state index in [9.17, 15) is 4.79 Å². The molecule has 1 aromatic carbocycles. The highest BCUT2D eigenvalue weighted by Gasteiger charge is 2.24. The molecule has 2 N–H and O–H groups in total. The number of carbonyl (C=O) groups is 1. The van der Waals surface area contributed by atoms with Crippen LogP contribution in [-0.4, -0.2) is 17.4 Å². The molecule has 1 aliphatic rings. The Morgan fingerprint density at radius 3 is 2.95 bits per heavy atom. The van der Waals surface area contributed by atoms with Crippen LogP contribution >= 0.6 is 11.3 Å². The van der Waals surface area contributed by atoms with Crippen molar-refractivity contribution >= 4 is 22.9 Å². The lowest BCUT2D eigenvalue weighted by molar-refractivity contribution is 0.0735. The maximum atomic E-state index is 12.5. The van der Waals surface area contributed by atoms with Crippen LogP contribution < -0.4 is 5.73 Å². The van der Waals surface area contributed by atoms with Crippen molar-refractivity contribution < 1.29 is 4.79 Å². The van der Waals surface area contributed by atoms with E-state index in [1.807, 2.05) is 34.7 Å². The molecular weight excluding hydrogens is 256 g/mol. The molecule has 0 aliphatic carbocycles. The number of nitrogens with zero attached hydrogens (tertiary/aromatic N) is 1. The standard InChI is InChI=1S/C15H16N2OS/c1-10-8-19-9-13(10)15(18)17-6-5-11-3-2-4-14(16)12(11)7-17/h2-4,8-9H,5-7,16H2,1H3. The number of nitrogen functional groups attached to an aromatic ring is 1. The summed E-state index contributed by atoms with van der Waals surface area (Å²) < 4.78 is 0. The second kappa shape index (κ2) is 4.70. The van der Waals surface area contributed by atoms with Crippen molar-refractivity contribution in [2.75, 3.05) is 12.3 Å². The van der Waals surface area contributed by atoms with E-state index < -0.39 is 0 Å². The first-order valence-electron chi connectivity index (χ1n) is 6.35. The van der Waals surface area contributed by atoms with Gasteiger partial charge >= 0.3 is 0 Å². The summed E-state index contributed by atoms with van der Waals surface area (Å²) in [5, 5.41) is 3.95. The van der Waals surface area contributed by atoms with Gasteiger partial charge in [0, 0.05) is 24.2 Å². The van der Waals surface area contributed by atoms with Gasteiger partial charge < -0.3 is 10.6 Å². The predicted molar refractivity (Wildman–Crippen MR) is 78.4 cm³/mol. The number of fused-ring (bicyclic) bond motifs is 1. The number of aryl methyl sites for hydroxylation is 1. The van der Waals surface area contributed by atoms with Crippen LogP contribution in [0.4, 0.5) is 5.69 Å². The van der Waals surface area contributed by atoms with E-state index in [2.05, 4.69) is 6.07 Å². The van der Waals surface area contributed by atoms with Crippen LogP contribution in [0.15, 0.2) is 29.0 Å². The minimum Gasteiger partial charge on any atom is -0.398 e. The smallest absolute Gasteiger partial charge is 0.255 e. The van der Waals surface area contributed by atoms with Gasteiger partial charge in [0.15, 0.2) is 0 Å². The lowest BCUT2D eigenvalue weighted by Gasteiger charge is -2.29. The van der Waals surface area contributed by atoms with Gasteiger partial charge in [0.2, 0.25) is 0 Å². The summed E-state index contributed by atoms with van der Waals surface area (Å²) in [4.78, 5) is 14.4. The van der Waals surface area contributed by atoms with Crippen molar-refractivity contribution in [3.8, 4) is 0 Å². The zero-order valence-corrected chi connectivity index (χ0v) is 11.7. The van der Waals surface area contributed by atoms with Gasteiger partial charge in [-0.2, -0.15) is 11.3 Å². The zero-order chi connectivity index (χ0) is 13.4. The number of anilines is 1. The van der Waals surface area contributed by atoms with Gasteiger partial charge in [0.05, 0.1) is 5.56 Å². The minimum atomic E-state index is 0.118. The summed E-state index contributed by atoms with van der Waals surface area (Å²) >= 11 is 1.58. The molecular formula is C15H16N2OS. The Hall–Kier alpha value is -1.81. The molecule has 19 heavy (non-hydrogen) atoms. The van der Waals surface area contributed by atoms with Gasteiger partial charge in [0.25, 0.3) is 5.91 Å². The Bertz CT molecular complexity index is 633. The first kappa shape index (κ1) is 12.2. The van der Waals surface area contributed by atoms with Gasteiger partial charge in [-0.3, -0.25) is 4.79 Å². The Kier molecular flexibility index (Phi) is 3.03. The molecule has 0 atom stereocenters. The second-order valence-corrected chi connectivity index (χ2v) is 5.67. The molecule has 0 fully saturated rings. The maximum absolute atomic E-state index is 12.5. The topological polar surface area (TPSA) is 46.3 Å². The molecule has 0 bridgehead atoms. The summed E-state index contributed by atoms with van der Waals surface area (Å²) in [5.74, 6) is 0.118. The van der Waals surface area contributed by atoms with Crippen LogP contribution in [0.3, 0.4) is 0 Å². The number of rotatable bonds is 1. The summed E-state index contributed by atoms with van der Waals surface area (Å²) in [6.07, 6.45) is 0.884. The Morgan fingerprint density at radius 2 is 2.21 bits per heavy atom. The van der Waals surface area contributed by atoms with Crippen LogP contribution in [0.2, 0.25) is 0 Å². The predicted octanol–water partition coefficient (Wildman–Crippen LogP) is 2.84. The molecule has 2 heterocycles. The van der Waals surface area contributed by atoms with Crippen molar-refractivity contribution in [1.29, 1.82) is 0 Å². The van der Waals surface area contributed by atoms with Crippen molar-refractivity contribution in [2.24, 2.45) is 0 Å². The molecule has 98 valence electrons. The van der Waals surface area contributed by atoms with Crippen LogP contribution in [0, 0.1) is 6.92 Å². The van der Waals surface area contributed by atoms with Crippen molar-refractivity contribution in [3.63, 3.8) is 0 Å². The van der Waals surface area contributed by atoms with E-state index in [1.54, 1.807) is 11.3 Å². The van der Waals surface area contributed by atoms with E-state index in [0.717, 1.165) is 35.3 Å². The molecule has 0 spiro atoms. The quantitative estimate of drug-likeness (QED) is 0.811. The lowest BCUT2D eigenvalue weighted by Crippen LogP contribution is -2.36. The van der Waals surface area contributed by atoms with Crippen molar-refractivity contribution in [1.82, 2.24) is 4.90 Å². The van der Waals surface area contributed by atoms with E-state index in [0.29, 0.717) is 6.54 Å². The van der Waals surface area contributed by atoms with Crippen LogP contribution in [0.25, 0.3) is 0 Å². The number of nitrogens with two attached hydrogens (primary N) is 1. The number of hydrogen-bond donors (Lipinski definition) is 1. The molecule has 2 aromatic rings. The van der Waals surface area contributed by atoms with Gasteiger partial charge in [-0.1, -0.05) is 12.1 Å². The van der Waals surface area contributed by atoms with Crippen LogP contribution in [0.5, 0.6) is 0 Å². The Balaban J connectivity index is 1.88. The van der Waals surface area contributed by atoms with Gasteiger partial charge in [-0.15, -0.1) is 0 Å². The zero-order valence-electron chi connectivity index (χ0n) is 10.8. The number of carbonyl (C=O) groups excluding carboxylic acids is 1. The van der Waals surface area contributed by atoms with Gasteiger partial charge in [-0.05, 0) is 41.5 Å². The minimum absolute atomic E-state index is 0.118. The summed E-state index contributed by atoms with van der Waals surface area (Å²) in [5.41, 5.74) is 11.1. The monoisotopic (exact) mass is 272 g/mol. The summed E-state index contributed by atoms with van der Waals surface area (Å²) in [7, 11) is 0. The van der Waals surface area contributed by atoms with Crippen molar-refractivity contribution in [3.05, 3.63) is 51.2 Å². The van der Waals surface area contributed by atoms with E-state index >= 15 is 0 Å². The average molecular weight is 272 g/mol. The normalized spacial score (nSPS) is 14.3. The fourth-order valence-electron chi connectivity index (χ4n) is 2.53. The molecule has 0 radical (unpaired) electrons. The summed E-state index contributed by atoms with van der Waals surface area (Å²) in [6.45, 7) is 3.37.